The molecule has 2 rings (SSSR count). The molecule has 0 saturated heterocycles. The summed E-state index contributed by atoms with van der Waals surface area (Å²) in [6, 6.07) is 14.6. The summed E-state index contributed by atoms with van der Waals surface area (Å²) >= 11 is 0. The molecule has 0 heterocycles. The average Bonchev–Trinajstić information content (AvgIpc) is 2.68. The van der Waals surface area contributed by atoms with Crippen LogP contribution in [0.25, 0.3) is 0 Å². The zero-order valence-electron chi connectivity index (χ0n) is 15.3. The molecule has 6 nitrogen and oxygen atoms in total. The Balaban J connectivity index is 1.98. The molecule has 0 aliphatic carbocycles. The molecule has 0 amide bonds. The Morgan fingerprint density at radius 1 is 1.00 bits per heavy atom. The van der Waals surface area contributed by atoms with Crippen LogP contribution in [0.15, 0.2) is 60.7 Å². The molecule has 0 spiro atoms. The largest absolute Gasteiger partial charge is 0.493 e. The number of carbonyl (C=O) groups excluding carboxylic acids is 1. The van der Waals surface area contributed by atoms with Crippen molar-refractivity contribution in [1.82, 2.24) is 0 Å². The maximum Gasteiger partial charge on any atom is 0.345 e. The Morgan fingerprint density at radius 2 is 1.70 bits per heavy atom. The molecule has 6 heteroatoms. The van der Waals surface area contributed by atoms with Gasteiger partial charge in [0, 0.05) is 12.5 Å². The van der Waals surface area contributed by atoms with Crippen molar-refractivity contribution >= 4 is 11.9 Å². The van der Waals surface area contributed by atoms with E-state index in [9.17, 15) is 14.7 Å². The molecule has 1 unspecified atom stereocenters. The quantitative estimate of drug-likeness (QED) is 0.540. The van der Waals surface area contributed by atoms with E-state index in [-0.39, 0.29) is 6.42 Å². The Morgan fingerprint density at radius 3 is 2.33 bits per heavy atom. The number of ether oxygens (including phenoxy) is 3. The van der Waals surface area contributed by atoms with Crippen molar-refractivity contribution in [2.75, 3.05) is 14.2 Å². The first-order valence-electron chi connectivity index (χ1n) is 8.38. The second-order valence-electron chi connectivity index (χ2n) is 5.75. The summed E-state index contributed by atoms with van der Waals surface area (Å²) in [7, 11) is 3.01. The third kappa shape index (κ3) is 6.18. The average molecular weight is 370 g/mol. The van der Waals surface area contributed by atoms with Gasteiger partial charge in [0.2, 0.25) is 6.10 Å². The van der Waals surface area contributed by atoms with E-state index in [1.165, 1.54) is 20.3 Å². The minimum Gasteiger partial charge on any atom is -0.493 e. The maximum absolute atomic E-state index is 11.9. The van der Waals surface area contributed by atoms with Crippen LogP contribution in [0.5, 0.6) is 11.5 Å². The van der Waals surface area contributed by atoms with Gasteiger partial charge in [-0.3, -0.25) is 0 Å². The van der Waals surface area contributed by atoms with Crippen molar-refractivity contribution in [2.45, 2.75) is 18.9 Å². The van der Waals surface area contributed by atoms with Gasteiger partial charge in [-0.15, -0.1) is 0 Å². The molecule has 0 fully saturated rings. The highest BCUT2D eigenvalue weighted by atomic mass is 16.6. The van der Waals surface area contributed by atoms with Crippen LogP contribution in [-0.4, -0.2) is 37.4 Å². The van der Waals surface area contributed by atoms with Crippen molar-refractivity contribution in [3.8, 4) is 11.5 Å². The minimum absolute atomic E-state index is 0.0218. The summed E-state index contributed by atoms with van der Waals surface area (Å²) in [4.78, 5) is 23.4. The number of esters is 1. The zero-order valence-corrected chi connectivity index (χ0v) is 15.3. The van der Waals surface area contributed by atoms with E-state index in [1.54, 1.807) is 24.3 Å². The van der Waals surface area contributed by atoms with E-state index in [1.807, 2.05) is 30.3 Å². The second kappa shape index (κ2) is 10.0. The number of carboxylic acid groups (broad SMARTS) is 1. The van der Waals surface area contributed by atoms with Crippen molar-refractivity contribution in [3.63, 3.8) is 0 Å². The third-order valence-electron chi connectivity index (χ3n) is 3.85. The standard InChI is InChI=1S/C21H22O6/c1-25-17-12-11-16(13-18(17)26-2)14-19(21(23)24)27-20(22)10-6-9-15-7-4-3-5-8-15/h3-8,10-13,19H,9,14H2,1-2H3,(H,23,24)/b10-6+. The summed E-state index contributed by atoms with van der Waals surface area (Å²) in [6.07, 6.45) is 2.18. The smallest absolute Gasteiger partial charge is 0.345 e. The van der Waals surface area contributed by atoms with E-state index in [4.69, 9.17) is 14.2 Å². The number of carbonyl (C=O) groups is 2. The second-order valence-corrected chi connectivity index (χ2v) is 5.75. The van der Waals surface area contributed by atoms with Gasteiger partial charge in [0.15, 0.2) is 11.5 Å². The topological polar surface area (TPSA) is 82.1 Å². The van der Waals surface area contributed by atoms with Gasteiger partial charge in [-0.1, -0.05) is 42.5 Å². The van der Waals surface area contributed by atoms with Crippen molar-refractivity contribution in [3.05, 3.63) is 71.8 Å². The lowest BCUT2D eigenvalue weighted by atomic mass is 10.1. The summed E-state index contributed by atoms with van der Waals surface area (Å²) in [5.41, 5.74) is 1.70. The number of allylic oxidation sites excluding steroid dienone is 1. The van der Waals surface area contributed by atoms with Crippen LogP contribution in [-0.2, 0) is 27.2 Å². The predicted molar refractivity (Wildman–Crippen MR) is 100 cm³/mol. The lowest BCUT2D eigenvalue weighted by molar-refractivity contribution is -0.160. The molecule has 0 aromatic heterocycles. The summed E-state index contributed by atoms with van der Waals surface area (Å²) in [5.74, 6) is -0.893. The fourth-order valence-corrected chi connectivity index (χ4v) is 2.49. The summed E-state index contributed by atoms with van der Waals surface area (Å²) < 4.78 is 15.4. The molecular weight excluding hydrogens is 348 g/mol. The van der Waals surface area contributed by atoms with E-state index in [0.717, 1.165) is 5.56 Å². The number of carboxylic acids is 1. The molecule has 142 valence electrons. The molecule has 0 saturated carbocycles. The Bertz CT molecular complexity index is 798. The number of aliphatic carboxylic acids is 1. The first-order valence-corrected chi connectivity index (χ1v) is 8.38. The van der Waals surface area contributed by atoms with Crippen LogP contribution in [0.2, 0.25) is 0 Å². The van der Waals surface area contributed by atoms with Gasteiger partial charge < -0.3 is 19.3 Å². The summed E-state index contributed by atoms with van der Waals surface area (Å²) in [6.45, 7) is 0. The number of rotatable bonds is 9. The highest BCUT2D eigenvalue weighted by Crippen LogP contribution is 2.28. The highest BCUT2D eigenvalue weighted by molar-refractivity contribution is 5.85. The highest BCUT2D eigenvalue weighted by Gasteiger charge is 2.22. The van der Waals surface area contributed by atoms with Crippen LogP contribution in [0.4, 0.5) is 0 Å². The van der Waals surface area contributed by atoms with E-state index in [2.05, 4.69) is 0 Å². The van der Waals surface area contributed by atoms with Crippen LogP contribution >= 0.6 is 0 Å². The SMILES string of the molecule is COc1ccc(CC(OC(=O)/C=C/Cc2ccccc2)C(=O)O)cc1OC. The van der Waals surface area contributed by atoms with Crippen molar-refractivity contribution < 1.29 is 28.9 Å². The van der Waals surface area contributed by atoms with Gasteiger partial charge in [-0.25, -0.2) is 9.59 Å². The first-order chi connectivity index (χ1) is 13.0. The Labute approximate surface area is 158 Å². The van der Waals surface area contributed by atoms with Gasteiger partial charge in [-0.05, 0) is 29.7 Å². The monoisotopic (exact) mass is 370 g/mol. The van der Waals surface area contributed by atoms with Crippen molar-refractivity contribution in [2.24, 2.45) is 0 Å². The number of hydrogen-bond donors (Lipinski definition) is 1. The van der Waals surface area contributed by atoms with Gasteiger partial charge >= 0.3 is 11.9 Å². The normalized spacial score (nSPS) is 11.8. The molecule has 0 aliphatic heterocycles. The molecule has 27 heavy (non-hydrogen) atoms. The molecule has 0 radical (unpaired) electrons. The lowest BCUT2D eigenvalue weighted by Crippen LogP contribution is -2.28. The third-order valence-corrected chi connectivity index (χ3v) is 3.85. The van der Waals surface area contributed by atoms with E-state index < -0.39 is 18.0 Å². The number of methoxy groups -OCH3 is 2. The van der Waals surface area contributed by atoms with Crippen LogP contribution < -0.4 is 9.47 Å². The molecule has 1 N–H and O–H groups in total. The van der Waals surface area contributed by atoms with E-state index >= 15 is 0 Å². The molecule has 2 aromatic carbocycles. The van der Waals surface area contributed by atoms with Gasteiger partial charge in [0.1, 0.15) is 0 Å². The van der Waals surface area contributed by atoms with Gasteiger partial charge in [-0.2, -0.15) is 0 Å². The fraction of sp³-hybridized carbons (Fsp3) is 0.238. The predicted octanol–water partition coefficient (Wildman–Crippen LogP) is 3.04. The van der Waals surface area contributed by atoms with Crippen molar-refractivity contribution in [1.29, 1.82) is 0 Å². The Kier molecular flexibility index (Phi) is 7.43. The van der Waals surface area contributed by atoms with E-state index in [0.29, 0.717) is 23.5 Å². The van der Waals surface area contributed by atoms with Crippen LogP contribution in [0.3, 0.4) is 0 Å². The molecule has 0 bridgehead atoms. The minimum atomic E-state index is -1.29. The molecule has 1 atom stereocenters. The van der Waals surface area contributed by atoms with Crippen LogP contribution in [0, 0.1) is 0 Å². The Hall–Kier alpha value is -3.28. The molecule has 2 aromatic rings. The summed E-state index contributed by atoms with van der Waals surface area (Å²) in [5, 5.41) is 9.36. The number of benzene rings is 2. The first kappa shape index (κ1) is 20.0. The van der Waals surface area contributed by atoms with Gasteiger partial charge in [0.25, 0.3) is 0 Å². The van der Waals surface area contributed by atoms with Crippen LogP contribution in [0.1, 0.15) is 11.1 Å². The lowest BCUT2D eigenvalue weighted by Gasteiger charge is -2.14. The molecular formula is C21H22O6. The fourth-order valence-electron chi connectivity index (χ4n) is 2.49. The number of hydrogen-bond acceptors (Lipinski definition) is 5. The maximum atomic E-state index is 11.9. The molecule has 0 aliphatic rings. The zero-order chi connectivity index (χ0) is 19.6. The van der Waals surface area contributed by atoms with Gasteiger partial charge in [0.05, 0.1) is 14.2 Å².